The van der Waals surface area contributed by atoms with Gasteiger partial charge in [0.15, 0.2) is 0 Å². The number of nitrogens with zero attached hydrogens (tertiary/aromatic N) is 2. The van der Waals surface area contributed by atoms with Gasteiger partial charge in [-0.3, -0.25) is 0 Å². The van der Waals surface area contributed by atoms with Crippen LogP contribution in [0, 0.1) is 6.92 Å². The van der Waals surface area contributed by atoms with Crippen molar-refractivity contribution >= 4 is 32.3 Å². The molecule has 2 aromatic heterocycles. The Hall–Kier alpha value is -1.70. The predicted molar refractivity (Wildman–Crippen MR) is 96.8 cm³/mol. The molecule has 0 bridgehead atoms. The third-order valence-corrected chi connectivity index (χ3v) is 7.49. The van der Waals surface area contributed by atoms with Gasteiger partial charge in [-0.1, -0.05) is 18.2 Å². The molecule has 0 spiro atoms. The number of hydrogen-bond acceptors (Lipinski definition) is 4. The van der Waals surface area contributed by atoms with Crippen LogP contribution in [0.2, 0.25) is 0 Å². The lowest BCUT2D eigenvalue weighted by Crippen LogP contribution is -2.37. The quantitative estimate of drug-likeness (QED) is 0.777. The molecule has 1 aliphatic heterocycles. The van der Waals surface area contributed by atoms with Gasteiger partial charge in [-0.15, -0.1) is 11.3 Å². The summed E-state index contributed by atoms with van der Waals surface area (Å²) in [6.45, 7) is 2.92. The molecule has 5 nitrogen and oxygen atoms in total. The maximum Gasteiger partial charge on any atom is 0.214 e. The van der Waals surface area contributed by atoms with Gasteiger partial charge >= 0.3 is 0 Å². The van der Waals surface area contributed by atoms with Gasteiger partial charge in [0.2, 0.25) is 10.0 Å². The lowest BCUT2D eigenvalue weighted by molar-refractivity contribution is 0.388. The zero-order chi connectivity index (χ0) is 16.7. The van der Waals surface area contributed by atoms with Crippen LogP contribution in [0.25, 0.3) is 10.9 Å². The van der Waals surface area contributed by atoms with Crippen LogP contribution in [-0.4, -0.2) is 35.0 Å². The second-order valence-corrected chi connectivity index (χ2v) is 9.17. The second kappa shape index (κ2) is 5.98. The summed E-state index contributed by atoms with van der Waals surface area (Å²) < 4.78 is 27.0. The van der Waals surface area contributed by atoms with Crippen molar-refractivity contribution in [2.24, 2.45) is 0 Å². The number of fused-ring (bicyclic) bond motifs is 3. The van der Waals surface area contributed by atoms with Gasteiger partial charge in [-0.2, -0.15) is 4.31 Å². The smallest absolute Gasteiger partial charge is 0.214 e. The van der Waals surface area contributed by atoms with Crippen molar-refractivity contribution in [1.29, 1.82) is 0 Å². The Morgan fingerprint density at radius 3 is 2.96 bits per heavy atom. The number of aromatic nitrogens is 2. The fourth-order valence-corrected chi connectivity index (χ4v) is 5.65. The molecule has 126 valence electrons. The number of aryl methyl sites for hydroxylation is 2. The maximum absolute atomic E-state index is 12.7. The van der Waals surface area contributed by atoms with Crippen LogP contribution < -0.4 is 0 Å². The number of thiazole rings is 1. The Bertz CT molecular complexity index is 988. The number of para-hydroxylation sites is 1. The Labute approximate surface area is 145 Å². The normalized spacial score (nSPS) is 15.7. The van der Waals surface area contributed by atoms with E-state index in [-0.39, 0.29) is 5.75 Å². The van der Waals surface area contributed by atoms with Crippen LogP contribution in [0.4, 0.5) is 0 Å². The molecule has 0 saturated heterocycles. The standard InChI is InChI=1S/C17H19N3O2S2/c1-12-17(23-11-18-12)7-9-24(21,22)20-8-6-14-13-4-2-3-5-15(13)19-16(14)10-20/h2-5,11,19H,6-10H2,1H3. The number of rotatable bonds is 4. The Kier molecular flexibility index (Phi) is 3.94. The van der Waals surface area contributed by atoms with Gasteiger partial charge in [0.05, 0.1) is 23.5 Å². The number of hydrogen-bond donors (Lipinski definition) is 1. The first-order chi connectivity index (χ1) is 11.5. The zero-order valence-electron chi connectivity index (χ0n) is 13.4. The summed E-state index contributed by atoms with van der Waals surface area (Å²) in [5.74, 6) is 0.144. The molecule has 0 fully saturated rings. The minimum atomic E-state index is -3.26. The molecule has 0 saturated carbocycles. The fraction of sp³-hybridized carbons (Fsp3) is 0.353. The minimum absolute atomic E-state index is 0.144. The topological polar surface area (TPSA) is 66.1 Å². The minimum Gasteiger partial charge on any atom is -0.357 e. The van der Waals surface area contributed by atoms with Crippen molar-refractivity contribution < 1.29 is 8.42 Å². The van der Waals surface area contributed by atoms with Crippen LogP contribution >= 0.6 is 11.3 Å². The predicted octanol–water partition coefficient (Wildman–Crippen LogP) is 2.86. The molecule has 3 heterocycles. The van der Waals surface area contributed by atoms with Gasteiger partial charge in [0.1, 0.15) is 0 Å². The van der Waals surface area contributed by atoms with E-state index >= 15 is 0 Å². The highest BCUT2D eigenvalue weighted by atomic mass is 32.2. The summed E-state index contributed by atoms with van der Waals surface area (Å²) in [5.41, 5.74) is 6.08. The van der Waals surface area contributed by atoms with Crippen LogP contribution in [0.5, 0.6) is 0 Å². The lowest BCUT2D eigenvalue weighted by Gasteiger charge is -2.26. The van der Waals surface area contributed by atoms with Gasteiger partial charge in [0.25, 0.3) is 0 Å². The van der Waals surface area contributed by atoms with Crippen molar-refractivity contribution in [3.63, 3.8) is 0 Å². The molecule has 0 amide bonds. The molecule has 4 rings (SSSR count). The van der Waals surface area contributed by atoms with Crippen LogP contribution in [0.3, 0.4) is 0 Å². The first kappa shape index (κ1) is 15.8. The van der Waals surface area contributed by atoms with Gasteiger partial charge in [0, 0.05) is 28.0 Å². The van der Waals surface area contributed by atoms with E-state index in [1.807, 2.05) is 25.1 Å². The molecule has 1 aromatic carbocycles. The van der Waals surface area contributed by atoms with E-state index in [0.29, 0.717) is 19.5 Å². The van der Waals surface area contributed by atoms with Gasteiger partial charge in [-0.05, 0) is 31.4 Å². The molecule has 0 atom stereocenters. The molecule has 0 aliphatic carbocycles. The molecule has 1 aliphatic rings. The number of nitrogens with one attached hydrogen (secondary N) is 1. The molecule has 7 heteroatoms. The van der Waals surface area contributed by atoms with Crippen molar-refractivity contribution in [3.8, 4) is 0 Å². The number of sulfonamides is 1. The first-order valence-electron chi connectivity index (χ1n) is 8.00. The first-order valence-corrected chi connectivity index (χ1v) is 10.5. The number of H-pyrrole nitrogens is 1. The molecule has 0 unspecified atom stereocenters. The van der Waals surface area contributed by atoms with E-state index in [1.54, 1.807) is 9.82 Å². The Morgan fingerprint density at radius 2 is 2.17 bits per heavy atom. The average Bonchev–Trinajstić information content (AvgIpc) is 3.15. The summed E-state index contributed by atoms with van der Waals surface area (Å²) in [7, 11) is -3.26. The van der Waals surface area contributed by atoms with Gasteiger partial charge in [-0.25, -0.2) is 13.4 Å². The highest BCUT2D eigenvalue weighted by Gasteiger charge is 2.28. The average molecular weight is 361 g/mol. The van der Waals surface area contributed by atoms with Crippen LogP contribution in [0.1, 0.15) is 21.8 Å². The number of benzene rings is 1. The maximum atomic E-state index is 12.7. The molecule has 3 aromatic rings. The molecular formula is C17H19N3O2S2. The van der Waals surface area contributed by atoms with Crippen molar-refractivity contribution in [2.75, 3.05) is 12.3 Å². The largest absolute Gasteiger partial charge is 0.357 e. The van der Waals surface area contributed by atoms with E-state index < -0.39 is 10.0 Å². The van der Waals surface area contributed by atoms with E-state index in [9.17, 15) is 8.42 Å². The highest BCUT2D eigenvalue weighted by Crippen LogP contribution is 2.28. The van der Waals surface area contributed by atoms with Crippen molar-refractivity contribution in [3.05, 3.63) is 51.6 Å². The van der Waals surface area contributed by atoms with Crippen molar-refractivity contribution in [1.82, 2.24) is 14.3 Å². The summed E-state index contributed by atoms with van der Waals surface area (Å²) in [6.07, 6.45) is 1.30. The SMILES string of the molecule is Cc1ncsc1CCS(=O)(=O)N1CCc2c([nH]c3ccccc23)C1. The monoisotopic (exact) mass is 361 g/mol. The van der Waals surface area contributed by atoms with E-state index in [0.717, 1.165) is 28.2 Å². The van der Waals surface area contributed by atoms with Gasteiger partial charge < -0.3 is 4.98 Å². The fourth-order valence-electron chi connectivity index (χ4n) is 3.32. The van der Waals surface area contributed by atoms with Crippen molar-refractivity contribution in [2.45, 2.75) is 26.3 Å². The molecule has 24 heavy (non-hydrogen) atoms. The molecular weight excluding hydrogens is 342 g/mol. The Balaban J connectivity index is 1.54. The third-order valence-electron chi connectivity index (χ3n) is 4.67. The molecule has 0 radical (unpaired) electrons. The van der Waals surface area contributed by atoms with E-state index in [2.05, 4.69) is 16.0 Å². The third kappa shape index (κ3) is 2.76. The van der Waals surface area contributed by atoms with E-state index in [4.69, 9.17) is 0 Å². The highest BCUT2D eigenvalue weighted by molar-refractivity contribution is 7.89. The molecule has 1 N–H and O–H groups in total. The summed E-state index contributed by atoms with van der Waals surface area (Å²) in [5, 5.41) is 1.21. The summed E-state index contributed by atoms with van der Waals surface area (Å²) >= 11 is 1.53. The Morgan fingerprint density at radius 1 is 1.33 bits per heavy atom. The summed E-state index contributed by atoms with van der Waals surface area (Å²) in [6, 6.07) is 8.16. The van der Waals surface area contributed by atoms with Crippen LogP contribution in [0.15, 0.2) is 29.8 Å². The summed E-state index contributed by atoms with van der Waals surface area (Å²) in [4.78, 5) is 8.63. The van der Waals surface area contributed by atoms with E-state index in [1.165, 1.54) is 22.3 Å². The van der Waals surface area contributed by atoms with Crippen LogP contribution in [-0.2, 0) is 29.4 Å². The number of aromatic amines is 1. The second-order valence-electron chi connectivity index (χ2n) is 6.14. The zero-order valence-corrected chi connectivity index (χ0v) is 15.1. The lowest BCUT2D eigenvalue weighted by atomic mass is 10.1.